The standard InChI is InChI=1S/C20H26N2O7/c1-3-28-20(26)14-8-10-22(11-9-14)17(23)13-29-18(24)12-21-19(25)15-6-4-5-7-16(15)27-2/h4-7,14H,3,8-13H2,1-2H3,(H,21,25). The van der Waals surface area contributed by atoms with Crippen molar-refractivity contribution in [3.63, 3.8) is 0 Å². The van der Waals surface area contributed by atoms with Crippen LogP contribution < -0.4 is 10.1 Å². The zero-order valence-electron chi connectivity index (χ0n) is 16.6. The number of likely N-dealkylation sites (tertiary alicyclic amines) is 1. The van der Waals surface area contributed by atoms with Crippen molar-refractivity contribution >= 4 is 23.8 Å². The Morgan fingerprint density at radius 1 is 1.10 bits per heavy atom. The summed E-state index contributed by atoms with van der Waals surface area (Å²) >= 11 is 0. The maximum absolute atomic E-state index is 12.2. The lowest BCUT2D eigenvalue weighted by atomic mass is 9.97. The minimum absolute atomic E-state index is 0.202. The molecule has 158 valence electrons. The molecule has 0 aromatic heterocycles. The number of rotatable bonds is 8. The van der Waals surface area contributed by atoms with E-state index in [0.29, 0.717) is 43.9 Å². The van der Waals surface area contributed by atoms with Crippen LogP contribution in [0.4, 0.5) is 0 Å². The Labute approximate surface area is 169 Å². The number of piperidine rings is 1. The molecule has 9 nitrogen and oxygen atoms in total. The second kappa shape index (κ2) is 11.0. The van der Waals surface area contributed by atoms with Crippen LogP contribution in [0.3, 0.4) is 0 Å². The van der Waals surface area contributed by atoms with Gasteiger partial charge >= 0.3 is 11.9 Å². The van der Waals surface area contributed by atoms with Crippen LogP contribution in [0.15, 0.2) is 24.3 Å². The van der Waals surface area contributed by atoms with Crippen LogP contribution in [0.2, 0.25) is 0 Å². The van der Waals surface area contributed by atoms with Crippen molar-refractivity contribution in [2.45, 2.75) is 19.8 Å². The first-order valence-electron chi connectivity index (χ1n) is 9.47. The first-order valence-corrected chi connectivity index (χ1v) is 9.47. The molecular formula is C20H26N2O7. The average molecular weight is 406 g/mol. The van der Waals surface area contributed by atoms with Gasteiger partial charge in [-0.05, 0) is 31.9 Å². The van der Waals surface area contributed by atoms with Gasteiger partial charge in [-0.15, -0.1) is 0 Å². The lowest BCUT2D eigenvalue weighted by Crippen LogP contribution is -2.43. The minimum Gasteiger partial charge on any atom is -0.496 e. The van der Waals surface area contributed by atoms with Crippen LogP contribution in [0.5, 0.6) is 5.75 Å². The first-order chi connectivity index (χ1) is 14.0. The van der Waals surface area contributed by atoms with Crippen LogP contribution in [-0.2, 0) is 23.9 Å². The molecule has 1 N–H and O–H groups in total. The summed E-state index contributed by atoms with van der Waals surface area (Å²) in [5.41, 5.74) is 0.295. The van der Waals surface area contributed by atoms with E-state index < -0.39 is 18.5 Å². The number of hydrogen-bond acceptors (Lipinski definition) is 7. The van der Waals surface area contributed by atoms with E-state index in [2.05, 4.69) is 5.32 Å². The Kier molecular flexibility index (Phi) is 8.45. The lowest BCUT2D eigenvalue weighted by molar-refractivity contribution is -0.154. The second-order valence-electron chi connectivity index (χ2n) is 6.45. The predicted octanol–water partition coefficient (Wildman–Crippen LogP) is 0.770. The molecule has 1 aliphatic rings. The number of nitrogens with one attached hydrogen (secondary N) is 1. The van der Waals surface area contributed by atoms with Gasteiger partial charge in [0.2, 0.25) is 0 Å². The maximum Gasteiger partial charge on any atom is 0.325 e. The molecule has 0 atom stereocenters. The van der Waals surface area contributed by atoms with Crippen LogP contribution in [0.1, 0.15) is 30.1 Å². The Balaban J connectivity index is 1.70. The Morgan fingerprint density at radius 3 is 2.45 bits per heavy atom. The molecule has 1 saturated heterocycles. The molecule has 2 rings (SSSR count). The Hall–Kier alpha value is -3.10. The fraction of sp³-hybridized carbons (Fsp3) is 0.500. The fourth-order valence-electron chi connectivity index (χ4n) is 2.99. The second-order valence-corrected chi connectivity index (χ2v) is 6.45. The highest BCUT2D eigenvalue weighted by Gasteiger charge is 2.28. The van der Waals surface area contributed by atoms with E-state index in [0.717, 1.165) is 0 Å². The van der Waals surface area contributed by atoms with Crippen LogP contribution in [0.25, 0.3) is 0 Å². The number of esters is 2. The molecule has 1 aromatic carbocycles. The van der Waals surface area contributed by atoms with Crippen LogP contribution in [0, 0.1) is 5.92 Å². The zero-order chi connectivity index (χ0) is 21.2. The van der Waals surface area contributed by atoms with Gasteiger partial charge in [-0.2, -0.15) is 0 Å². The van der Waals surface area contributed by atoms with Crippen molar-refractivity contribution in [1.29, 1.82) is 0 Å². The maximum atomic E-state index is 12.2. The summed E-state index contributed by atoms with van der Waals surface area (Å²) in [6, 6.07) is 6.62. The third kappa shape index (κ3) is 6.48. The number of nitrogens with zero attached hydrogens (tertiary/aromatic N) is 1. The summed E-state index contributed by atoms with van der Waals surface area (Å²) in [6.45, 7) is 2.13. The van der Waals surface area contributed by atoms with Gasteiger partial charge in [0.05, 0.1) is 25.2 Å². The summed E-state index contributed by atoms with van der Waals surface area (Å²) in [7, 11) is 1.45. The Morgan fingerprint density at radius 2 is 1.79 bits per heavy atom. The summed E-state index contributed by atoms with van der Waals surface area (Å²) in [4.78, 5) is 49.4. The van der Waals surface area contributed by atoms with E-state index in [4.69, 9.17) is 14.2 Å². The van der Waals surface area contributed by atoms with Gasteiger partial charge < -0.3 is 24.4 Å². The number of methoxy groups -OCH3 is 1. The van der Waals surface area contributed by atoms with Gasteiger partial charge in [0.15, 0.2) is 6.61 Å². The molecular weight excluding hydrogens is 380 g/mol. The molecule has 9 heteroatoms. The molecule has 0 radical (unpaired) electrons. The van der Waals surface area contributed by atoms with Crippen molar-refractivity contribution in [2.75, 3.05) is 40.0 Å². The summed E-state index contributed by atoms with van der Waals surface area (Å²) in [5, 5.41) is 2.44. The third-order valence-corrected chi connectivity index (χ3v) is 4.57. The average Bonchev–Trinajstić information content (AvgIpc) is 2.75. The Bertz CT molecular complexity index is 742. The number of hydrogen-bond donors (Lipinski definition) is 1. The quantitative estimate of drug-likeness (QED) is 0.635. The van der Waals surface area contributed by atoms with Crippen molar-refractivity contribution in [1.82, 2.24) is 10.2 Å². The van der Waals surface area contributed by atoms with E-state index >= 15 is 0 Å². The van der Waals surface area contributed by atoms with Gasteiger partial charge in [0.25, 0.3) is 11.8 Å². The van der Waals surface area contributed by atoms with Crippen molar-refractivity contribution < 1.29 is 33.4 Å². The van der Waals surface area contributed by atoms with Crippen LogP contribution >= 0.6 is 0 Å². The number of ether oxygens (including phenoxy) is 3. The van der Waals surface area contributed by atoms with Crippen molar-refractivity contribution in [2.24, 2.45) is 5.92 Å². The smallest absolute Gasteiger partial charge is 0.325 e. The summed E-state index contributed by atoms with van der Waals surface area (Å²) < 4.78 is 15.0. The zero-order valence-corrected chi connectivity index (χ0v) is 16.6. The van der Waals surface area contributed by atoms with E-state index in [-0.39, 0.29) is 24.3 Å². The van der Waals surface area contributed by atoms with E-state index in [9.17, 15) is 19.2 Å². The largest absolute Gasteiger partial charge is 0.496 e. The van der Waals surface area contributed by atoms with Gasteiger partial charge in [-0.1, -0.05) is 12.1 Å². The number of para-hydroxylation sites is 1. The SMILES string of the molecule is CCOC(=O)C1CCN(C(=O)COC(=O)CNC(=O)c2ccccc2OC)CC1. The molecule has 1 fully saturated rings. The normalized spacial score (nSPS) is 14.1. The highest BCUT2D eigenvalue weighted by Crippen LogP contribution is 2.19. The molecule has 1 aromatic rings. The first kappa shape index (κ1) is 22.2. The van der Waals surface area contributed by atoms with Gasteiger partial charge in [-0.25, -0.2) is 0 Å². The number of carbonyl (C=O) groups excluding carboxylic acids is 4. The number of benzene rings is 1. The molecule has 0 saturated carbocycles. The molecule has 2 amide bonds. The van der Waals surface area contributed by atoms with E-state index in [1.54, 1.807) is 36.1 Å². The van der Waals surface area contributed by atoms with Gasteiger partial charge in [-0.3, -0.25) is 19.2 Å². The monoisotopic (exact) mass is 406 g/mol. The summed E-state index contributed by atoms with van der Waals surface area (Å²) in [5.74, 6) is -1.59. The fourth-order valence-corrected chi connectivity index (χ4v) is 2.99. The molecule has 29 heavy (non-hydrogen) atoms. The minimum atomic E-state index is -0.719. The highest BCUT2D eigenvalue weighted by molar-refractivity contribution is 5.98. The molecule has 0 bridgehead atoms. The molecule has 1 heterocycles. The number of amides is 2. The third-order valence-electron chi connectivity index (χ3n) is 4.57. The van der Waals surface area contributed by atoms with Gasteiger partial charge in [0, 0.05) is 13.1 Å². The van der Waals surface area contributed by atoms with E-state index in [1.165, 1.54) is 7.11 Å². The highest BCUT2D eigenvalue weighted by atomic mass is 16.5. The number of carbonyl (C=O) groups is 4. The summed E-state index contributed by atoms with van der Waals surface area (Å²) in [6.07, 6.45) is 1.04. The predicted molar refractivity (Wildman–Crippen MR) is 102 cm³/mol. The van der Waals surface area contributed by atoms with Crippen LogP contribution in [-0.4, -0.2) is 68.6 Å². The molecule has 0 spiro atoms. The van der Waals surface area contributed by atoms with E-state index in [1.807, 2.05) is 0 Å². The lowest BCUT2D eigenvalue weighted by Gasteiger charge is -2.30. The van der Waals surface area contributed by atoms with Crippen molar-refractivity contribution in [3.05, 3.63) is 29.8 Å². The molecule has 0 aliphatic carbocycles. The molecule has 0 unspecified atom stereocenters. The van der Waals surface area contributed by atoms with Crippen molar-refractivity contribution in [3.8, 4) is 5.75 Å². The van der Waals surface area contributed by atoms with Gasteiger partial charge in [0.1, 0.15) is 12.3 Å². The molecule has 1 aliphatic heterocycles. The topological polar surface area (TPSA) is 111 Å².